The summed E-state index contributed by atoms with van der Waals surface area (Å²) in [5.74, 6) is -1.16. The van der Waals surface area contributed by atoms with Crippen LogP contribution in [-0.4, -0.2) is 52.7 Å². The van der Waals surface area contributed by atoms with E-state index in [4.69, 9.17) is 9.84 Å². The van der Waals surface area contributed by atoms with Crippen LogP contribution in [0.2, 0.25) is 0 Å². The zero-order chi connectivity index (χ0) is 15.2. The van der Waals surface area contributed by atoms with E-state index in [1.807, 2.05) is 6.07 Å². The molecule has 1 unspecified atom stereocenters. The van der Waals surface area contributed by atoms with Crippen LogP contribution in [0.1, 0.15) is 16.9 Å². The molecule has 0 aliphatic heterocycles. The van der Waals surface area contributed by atoms with Gasteiger partial charge < -0.3 is 20.3 Å². The lowest BCUT2D eigenvalue weighted by atomic mass is 10.1. The van der Waals surface area contributed by atoms with Crippen molar-refractivity contribution in [3.05, 3.63) is 30.0 Å². The van der Waals surface area contributed by atoms with E-state index in [1.54, 1.807) is 25.3 Å². The normalized spacial score (nSPS) is 12.3. The first kappa shape index (κ1) is 15.1. The number of ether oxygens (including phenoxy) is 1. The quantitative estimate of drug-likeness (QED) is 0.702. The van der Waals surface area contributed by atoms with E-state index in [1.165, 1.54) is 0 Å². The first-order valence-electron chi connectivity index (χ1n) is 6.52. The average molecular weight is 291 g/mol. The number of carboxylic acids is 1. The first-order chi connectivity index (χ1) is 10.2. The zero-order valence-electron chi connectivity index (χ0n) is 11.6. The number of aliphatic hydroxyl groups is 1. The molecule has 0 saturated heterocycles. The molecule has 112 valence electrons. The van der Waals surface area contributed by atoms with E-state index in [9.17, 15) is 9.90 Å². The van der Waals surface area contributed by atoms with Crippen LogP contribution in [0.15, 0.2) is 24.3 Å². The number of nitrogens with one attached hydrogen (secondary N) is 1. The number of nitrogens with zero attached hydrogens (tertiary/aromatic N) is 2. The predicted molar refractivity (Wildman–Crippen MR) is 77.5 cm³/mol. The number of aliphatic hydroxyl groups excluding tert-OH is 1. The highest BCUT2D eigenvalue weighted by atomic mass is 16.5. The maximum Gasteiger partial charge on any atom is 0.358 e. The molecule has 21 heavy (non-hydrogen) atoms. The molecule has 2 aromatic rings. The number of carbonyl (C=O) groups is 1. The summed E-state index contributed by atoms with van der Waals surface area (Å²) >= 11 is 0. The van der Waals surface area contributed by atoms with Gasteiger partial charge in [-0.1, -0.05) is 18.2 Å². The van der Waals surface area contributed by atoms with Crippen LogP contribution in [0.5, 0.6) is 0 Å². The van der Waals surface area contributed by atoms with Crippen molar-refractivity contribution < 1.29 is 19.7 Å². The smallest absolute Gasteiger partial charge is 0.358 e. The Labute approximate surface area is 121 Å². The summed E-state index contributed by atoms with van der Waals surface area (Å²) in [5.41, 5.74) is 0.849. The number of anilines is 1. The Balaban J connectivity index is 2.47. The van der Waals surface area contributed by atoms with Crippen LogP contribution in [0, 0.1) is 0 Å². The Morgan fingerprint density at radius 3 is 2.81 bits per heavy atom. The molecule has 0 saturated carbocycles. The van der Waals surface area contributed by atoms with Crippen molar-refractivity contribution in [1.29, 1.82) is 0 Å². The van der Waals surface area contributed by atoms with E-state index in [0.29, 0.717) is 29.6 Å². The zero-order valence-corrected chi connectivity index (χ0v) is 11.6. The van der Waals surface area contributed by atoms with E-state index >= 15 is 0 Å². The maximum absolute atomic E-state index is 11.3. The molecule has 0 radical (unpaired) electrons. The number of hydrogen-bond acceptors (Lipinski definition) is 6. The third-order valence-corrected chi connectivity index (χ3v) is 3.06. The van der Waals surface area contributed by atoms with Crippen LogP contribution in [0.4, 0.5) is 5.69 Å². The van der Waals surface area contributed by atoms with Crippen LogP contribution in [-0.2, 0) is 4.74 Å². The standard InChI is InChI=1S/C14H17N3O4/c1-21-8-9(6-7-18)15-12-10-4-2-3-5-11(10)16-17-13(12)14(19)20/h2-5,9,18H,6-8H2,1H3,(H,15,16)(H,19,20). The van der Waals surface area contributed by atoms with E-state index in [-0.39, 0.29) is 18.3 Å². The predicted octanol–water partition coefficient (Wildman–Crippen LogP) is 1.14. The molecule has 0 aliphatic rings. The third kappa shape index (κ3) is 3.45. The number of fused-ring (bicyclic) bond motifs is 1. The minimum atomic E-state index is -1.16. The molecule has 1 aromatic carbocycles. The van der Waals surface area contributed by atoms with E-state index < -0.39 is 5.97 Å². The molecule has 7 nitrogen and oxygen atoms in total. The summed E-state index contributed by atoms with van der Waals surface area (Å²) in [5, 5.41) is 29.8. The molecule has 1 heterocycles. The third-order valence-electron chi connectivity index (χ3n) is 3.06. The molecule has 2 rings (SSSR count). The van der Waals surface area contributed by atoms with Gasteiger partial charge in [-0.3, -0.25) is 0 Å². The highest BCUT2D eigenvalue weighted by Gasteiger charge is 2.19. The lowest BCUT2D eigenvalue weighted by Crippen LogP contribution is -2.27. The Morgan fingerprint density at radius 2 is 2.14 bits per heavy atom. The Kier molecular flexibility index (Phi) is 5.02. The van der Waals surface area contributed by atoms with Crippen LogP contribution < -0.4 is 5.32 Å². The largest absolute Gasteiger partial charge is 0.476 e. The molecule has 0 spiro atoms. The minimum Gasteiger partial charge on any atom is -0.476 e. The Hall–Kier alpha value is -2.25. The monoisotopic (exact) mass is 291 g/mol. The van der Waals surface area contributed by atoms with Gasteiger partial charge >= 0.3 is 5.97 Å². The van der Waals surface area contributed by atoms with E-state index in [2.05, 4.69) is 15.5 Å². The molecule has 0 bridgehead atoms. The minimum absolute atomic E-state index is 0.0279. The Morgan fingerprint density at radius 1 is 1.38 bits per heavy atom. The number of carboxylic acid groups (broad SMARTS) is 1. The fourth-order valence-corrected chi connectivity index (χ4v) is 2.11. The maximum atomic E-state index is 11.3. The van der Waals surface area contributed by atoms with Crippen LogP contribution in [0.25, 0.3) is 10.9 Å². The Bertz CT molecular complexity index is 627. The number of aromatic nitrogens is 2. The molecule has 1 aromatic heterocycles. The average Bonchev–Trinajstić information content (AvgIpc) is 2.47. The second-order valence-corrected chi connectivity index (χ2v) is 4.55. The van der Waals surface area contributed by atoms with Crippen molar-refractivity contribution in [1.82, 2.24) is 10.2 Å². The summed E-state index contributed by atoms with van der Waals surface area (Å²) in [4.78, 5) is 11.3. The lowest BCUT2D eigenvalue weighted by molar-refractivity contribution is 0.0690. The molecule has 7 heteroatoms. The van der Waals surface area contributed by atoms with Crippen LogP contribution in [0.3, 0.4) is 0 Å². The van der Waals surface area contributed by atoms with Gasteiger partial charge in [0, 0.05) is 19.1 Å². The summed E-state index contributed by atoms with van der Waals surface area (Å²) in [6.07, 6.45) is 0.434. The van der Waals surface area contributed by atoms with Crippen molar-refractivity contribution in [2.45, 2.75) is 12.5 Å². The van der Waals surface area contributed by atoms with Crippen molar-refractivity contribution in [3.63, 3.8) is 0 Å². The topological polar surface area (TPSA) is 105 Å². The molecule has 0 aliphatic carbocycles. The van der Waals surface area contributed by atoms with E-state index in [0.717, 1.165) is 0 Å². The number of aromatic carboxylic acids is 1. The highest BCUT2D eigenvalue weighted by molar-refractivity contribution is 6.02. The van der Waals surface area contributed by atoms with Gasteiger partial charge in [-0.05, 0) is 12.5 Å². The van der Waals surface area contributed by atoms with Gasteiger partial charge in [-0.2, -0.15) is 0 Å². The van der Waals surface area contributed by atoms with Gasteiger partial charge in [0.15, 0.2) is 5.69 Å². The van der Waals surface area contributed by atoms with Crippen molar-refractivity contribution in [2.75, 3.05) is 25.6 Å². The van der Waals surface area contributed by atoms with Crippen molar-refractivity contribution in [3.8, 4) is 0 Å². The second kappa shape index (κ2) is 6.96. The second-order valence-electron chi connectivity index (χ2n) is 4.55. The van der Waals surface area contributed by atoms with Crippen molar-refractivity contribution in [2.24, 2.45) is 0 Å². The lowest BCUT2D eigenvalue weighted by Gasteiger charge is -2.20. The van der Waals surface area contributed by atoms with Gasteiger partial charge in [-0.25, -0.2) is 4.79 Å². The first-order valence-corrected chi connectivity index (χ1v) is 6.52. The molecular formula is C14H17N3O4. The highest BCUT2D eigenvalue weighted by Crippen LogP contribution is 2.25. The van der Waals surface area contributed by atoms with Crippen molar-refractivity contribution >= 4 is 22.6 Å². The van der Waals surface area contributed by atoms with Gasteiger partial charge in [0.2, 0.25) is 0 Å². The molecule has 0 amide bonds. The number of methoxy groups -OCH3 is 1. The van der Waals surface area contributed by atoms with Gasteiger partial charge in [0.1, 0.15) is 0 Å². The van der Waals surface area contributed by atoms with Gasteiger partial charge in [0.25, 0.3) is 0 Å². The molecular weight excluding hydrogens is 274 g/mol. The summed E-state index contributed by atoms with van der Waals surface area (Å²) in [7, 11) is 1.55. The molecule has 3 N–H and O–H groups in total. The fourth-order valence-electron chi connectivity index (χ4n) is 2.11. The van der Waals surface area contributed by atoms with Gasteiger partial charge in [0.05, 0.1) is 23.9 Å². The molecule has 0 fully saturated rings. The van der Waals surface area contributed by atoms with Gasteiger partial charge in [-0.15, -0.1) is 10.2 Å². The summed E-state index contributed by atoms with van der Waals surface area (Å²) in [6.45, 7) is 0.316. The number of benzene rings is 1. The number of hydrogen-bond donors (Lipinski definition) is 3. The molecule has 1 atom stereocenters. The van der Waals surface area contributed by atoms with Crippen LogP contribution >= 0.6 is 0 Å². The SMILES string of the molecule is COCC(CCO)Nc1c(C(=O)O)nnc2ccccc12. The number of rotatable bonds is 7. The summed E-state index contributed by atoms with van der Waals surface area (Å²) < 4.78 is 5.08. The fraction of sp³-hybridized carbons (Fsp3) is 0.357. The summed E-state index contributed by atoms with van der Waals surface area (Å²) in [6, 6.07) is 6.93.